The lowest BCUT2D eigenvalue weighted by atomic mass is 10.1. The maximum Gasteiger partial charge on any atom is 0.111 e. The van der Waals surface area contributed by atoms with E-state index in [0.717, 1.165) is 24.9 Å². The molecule has 0 spiro atoms. The van der Waals surface area contributed by atoms with Crippen molar-refractivity contribution in [1.29, 1.82) is 0 Å². The van der Waals surface area contributed by atoms with Crippen LogP contribution in [0.25, 0.3) is 11.0 Å². The third-order valence-electron chi connectivity index (χ3n) is 4.27. The molecule has 3 nitrogen and oxygen atoms in total. The molecule has 1 fully saturated rings. The third-order valence-corrected chi connectivity index (χ3v) is 4.27. The molecule has 1 aliphatic rings. The van der Waals surface area contributed by atoms with Crippen molar-refractivity contribution in [2.45, 2.75) is 58.0 Å². The largest absolute Gasteiger partial charge is 0.328 e. The van der Waals surface area contributed by atoms with E-state index in [4.69, 9.17) is 4.98 Å². The fourth-order valence-electron chi connectivity index (χ4n) is 3.25. The number of rotatable bonds is 4. The van der Waals surface area contributed by atoms with Crippen molar-refractivity contribution in [2.75, 3.05) is 6.54 Å². The number of imidazole rings is 1. The first kappa shape index (κ1) is 13.6. The molecular formula is C17H25N3. The highest BCUT2D eigenvalue weighted by Crippen LogP contribution is 2.19. The van der Waals surface area contributed by atoms with Crippen molar-refractivity contribution in [3.8, 4) is 0 Å². The summed E-state index contributed by atoms with van der Waals surface area (Å²) < 4.78 is 2.42. The quantitative estimate of drug-likeness (QED) is 0.922. The topological polar surface area (TPSA) is 29.9 Å². The van der Waals surface area contributed by atoms with Crippen LogP contribution in [-0.2, 0) is 13.0 Å². The van der Waals surface area contributed by atoms with Gasteiger partial charge in [-0.1, -0.05) is 31.9 Å². The van der Waals surface area contributed by atoms with Crippen LogP contribution in [0.5, 0.6) is 0 Å². The lowest BCUT2D eigenvalue weighted by molar-refractivity contribution is 0.485. The van der Waals surface area contributed by atoms with Crippen molar-refractivity contribution in [1.82, 2.24) is 14.9 Å². The van der Waals surface area contributed by atoms with Gasteiger partial charge in [0.05, 0.1) is 11.0 Å². The van der Waals surface area contributed by atoms with E-state index in [1.807, 2.05) is 0 Å². The molecule has 1 saturated heterocycles. The molecule has 1 aliphatic heterocycles. The Hall–Kier alpha value is -1.35. The van der Waals surface area contributed by atoms with Gasteiger partial charge in [-0.2, -0.15) is 0 Å². The van der Waals surface area contributed by atoms with E-state index in [2.05, 4.69) is 41.1 Å². The zero-order valence-electron chi connectivity index (χ0n) is 12.4. The highest BCUT2D eigenvalue weighted by atomic mass is 15.1. The molecule has 0 bridgehead atoms. The molecule has 0 aliphatic carbocycles. The summed E-state index contributed by atoms with van der Waals surface area (Å²) >= 11 is 0. The molecular weight excluding hydrogens is 246 g/mol. The van der Waals surface area contributed by atoms with Gasteiger partial charge in [0.15, 0.2) is 0 Å². The molecule has 20 heavy (non-hydrogen) atoms. The Labute approximate surface area is 121 Å². The van der Waals surface area contributed by atoms with E-state index in [1.54, 1.807) is 0 Å². The van der Waals surface area contributed by atoms with E-state index in [-0.39, 0.29) is 0 Å². The second kappa shape index (κ2) is 6.40. The van der Waals surface area contributed by atoms with Crippen LogP contribution in [0.4, 0.5) is 0 Å². The highest BCUT2D eigenvalue weighted by Gasteiger charge is 2.16. The van der Waals surface area contributed by atoms with Gasteiger partial charge in [0.25, 0.3) is 0 Å². The predicted octanol–water partition coefficient (Wildman–Crippen LogP) is 3.52. The normalized spacial score (nSPS) is 20.1. The smallest absolute Gasteiger partial charge is 0.111 e. The summed E-state index contributed by atoms with van der Waals surface area (Å²) in [6, 6.07) is 9.13. The summed E-state index contributed by atoms with van der Waals surface area (Å²) in [6.07, 6.45) is 7.55. The molecule has 1 unspecified atom stereocenters. The van der Waals surface area contributed by atoms with Gasteiger partial charge in [0.1, 0.15) is 5.82 Å². The Morgan fingerprint density at radius 3 is 3.05 bits per heavy atom. The van der Waals surface area contributed by atoms with Crippen LogP contribution >= 0.6 is 0 Å². The van der Waals surface area contributed by atoms with Crippen LogP contribution in [0.2, 0.25) is 0 Å². The van der Waals surface area contributed by atoms with Crippen LogP contribution in [0.1, 0.15) is 44.9 Å². The summed E-state index contributed by atoms with van der Waals surface area (Å²) in [4.78, 5) is 4.88. The maximum atomic E-state index is 4.88. The first-order valence-corrected chi connectivity index (χ1v) is 8.06. The van der Waals surface area contributed by atoms with E-state index < -0.39 is 0 Å². The fourth-order valence-corrected chi connectivity index (χ4v) is 3.25. The molecule has 1 aromatic heterocycles. The van der Waals surface area contributed by atoms with Crippen LogP contribution in [0, 0.1) is 0 Å². The number of aromatic nitrogens is 2. The van der Waals surface area contributed by atoms with E-state index in [9.17, 15) is 0 Å². The van der Waals surface area contributed by atoms with E-state index in [0.29, 0.717) is 6.04 Å². The summed E-state index contributed by atoms with van der Waals surface area (Å²) in [5, 5.41) is 3.69. The Balaban J connectivity index is 1.87. The Bertz CT molecular complexity index is 550. The van der Waals surface area contributed by atoms with Crippen LogP contribution in [0.3, 0.4) is 0 Å². The van der Waals surface area contributed by atoms with Gasteiger partial charge < -0.3 is 9.88 Å². The van der Waals surface area contributed by atoms with Crippen molar-refractivity contribution in [2.24, 2.45) is 0 Å². The number of aryl methyl sites for hydroxylation is 1. The monoisotopic (exact) mass is 271 g/mol. The van der Waals surface area contributed by atoms with Crippen LogP contribution in [0.15, 0.2) is 24.3 Å². The molecule has 1 aromatic carbocycles. The Kier molecular flexibility index (Phi) is 4.36. The zero-order valence-corrected chi connectivity index (χ0v) is 12.4. The number of nitrogens with zero attached hydrogens (tertiary/aromatic N) is 2. The summed E-state index contributed by atoms with van der Waals surface area (Å²) in [7, 11) is 0. The number of hydrogen-bond donors (Lipinski definition) is 1. The van der Waals surface area contributed by atoms with Crippen molar-refractivity contribution in [3.63, 3.8) is 0 Å². The average Bonchev–Trinajstić information content (AvgIpc) is 2.64. The Morgan fingerprint density at radius 1 is 1.25 bits per heavy atom. The summed E-state index contributed by atoms with van der Waals surface area (Å²) in [5.74, 6) is 1.26. The lowest BCUT2D eigenvalue weighted by Crippen LogP contribution is -2.31. The van der Waals surface area contributed by atoms with Gasteiger partial charge in [-0.05, 0) is 37.9 Å². The van der Waals surface area contributed by atoms with Gasteiger partial charge in [-0.15, -0.1) is 0 Å². The molecule has 1 atom stereocenters. The first-order chi connectivity index (χ1) is 9.88. The van der Waals surface area contributed by atoms with Gasteiger partial charge in [0, 0.05) is 19.0 Å². The predicted molar refractivity (Wildman–Crippen MR) is 84.0 cm³/mol. The number of fused-ring (bicyclic) bond motifs is 1. The van der Waals surface area contributed by atoms with Crippen LogP contribution in [-0.4, -0.2) is 22.1 Å². The summed E-state index contributed by atoms with van der Waals surface area (Å²) in [6.45, 7) is 4.48. The van der Waals surface area contributed by atoms with Gasteiger partial charge >= 0.3 is 0 Å². The molecule has 0 amide bonds. The molecule has 0 saturated carbocycles. The molecule has 1 N–H and O–H groups in total. The maximum absolute atomic E-state index is 4.88. The average molecular weight is 271 g/mol. The number of benzene rings is 1. The molecule has 108 valence electrons. The number of nitrogens with one attached hydrogen (secondary N) is 1. The first-order valence-electron chi connectivity index (χ1n) is 8.06. The summed E-state index contributed by atoms with van der Waals surface area (Å²) in [5.41, 5.74) is 2.43. The van der Waals surface area contributed by atoms with Crippen molar-refractivity contribution < 1.29 is 0 Å². The zero-order chi connectivity index (χ0) is 13.8. The molecule has 3 heteroatoms. The number of hydrogen-bond acceptors (Lipinski definition) is 2. The van der Waals surface area contributed by atoms with Gasteiger partial charge in [-0.25, -0.2) is 4.98 Å². The van der Waals surface area contributed by atoms with E-state index in [1.165, 1.54) is 43.6 Å². The fraction of sp³-hybridized carbons (Fsp3) is 0.588. The lowest BCUT2D eigenvalue weighted by Gasteiger charge is -2.16. The standard InChI is InChI=1S/C17H25N3/c1-2-12-20-16-10-6-5-9-15(16)19-17(20)13-14-8-4-3-7-11-18-14/h5-6,9-10,14,18H,2-4,7-8,11-13H2,1H3. The molecule has 3 rings (SSSR count). The minimum Gasteiger partial charge on any atom is -0.328 e. The second-order valence-corrected chi connectivity index (χ2v) is 5.87. The SMILES string of the molecule is CCCn1c(CC2CCCCCN2)nc2ccccc21. The molecule has 2 heterocycles. The molecule has 0 radical (unpaired) electrons. The molecule has 2 aromatic rings. The number of para-hydroxylation sites is 2. The minimum atomic E-state index is 0.602. The van der Waals surface area contributed by atoms with Crippen LogP contribution < -0.4 is 5.32 Å². The van der Waals surface area contributed by atoms with Crippen molar-refractivity contribution in [3.05, 3.63) is 30.1 Å². The Morgan fingerprint density at radius 2 is 2.15 bits per heavy atom. The van der Waals surface area contributed by atoms with Gasteiger partial charge in [-0.3, -0.25) is 0 Å². The van der Waals surface area contributed by atoms with Crippen molar-refractivity contribution >= 4 is 11.0 Å². The van der Waals surface area contributed by atoms with E-state index >= 15 is 0 Å². The minimum absolute atomic E-state index is 0.602. The second-order valence-electron chi connectivity index (χ2n) is 5.87. The highest BCUT2D eigenvalue weighted by molar-refractivity contribution is 5.75. The third kappa shape index (κ3) is 2.88. The van der Waals surface area contributed by atoms with Gasteiger partial charge in [0.2, 0.25) is 0 Å².